The summed E-state index contributed by atoms with van der Waals surface area (Å²) < 4.78 is 0. The first-order chi connectivity index (χ1) is 18.0. The Kier molecular flexibility index (Phi) is 26.3. The maximum Gasteiger partial charge on any atom is 0.242 e. The fraction of sp³-hybridized carbons (Fsp3) is 0.903. The molecule has 0 aliphatic heterocycles. The minimum Gasteiger partial charge on any atom is -0.356 e. The number of rotatable bonds is 27. The van der Waals surface area contributed by atoms with Gasteiger partial charge in [-0.15, -0.1) is 0 Å². The predicted octanol–water partition coefficient (Wildman–Crippen LogP) is 7.35. The topological polar surface area (TPSA) is 87.3 Å². The van der Waals surface area contributed by atoms with Crippen LogP contribution in [0.4, 0.5) is 0 Å². The molecule has 0 aromatic carbocycles. The number of carbonyl (C=O) groups is 3. The molecular weight excluding hydrogens is 462 g/mol. The van der Waals surface area contributed by atoms with E-state index in [2.05, 4.69) is 36.7 Å². The molecule has 0 aliphatic rings. The smallest absolute Gasteiger partial charge is 0.242 e. The highest BCUT2D eigenvalue weighted by atomic mass is 16.2. The van der Waals surface area contributed by atoms with Gasteiger partial charge in [-0.1, -0.05) is 124 Å². The van der Waals surface area contributed by atoms with E-state index in [4.69, 9.17) is 0 Å². The standard InChI is InChI=1S/C31H61N3O3/c1-4-7-10-11-12-13-14-15-16-17-18-19-20-21-22-23-30(36)34-28(31(37)33-27-9-6-3)24-25-29(35)32-26-8-5-2/h28H,4-27H2,1-3H3,(H,32,35)(H,33,37)(H,34,36)/t28-/m0/s1. The first-order valence-electron chi connectivity index (χ1n) is 15.9. The van der Waals surface area contributed by atoms with Crippen molar-refractivity contribution in [2.24, 2.45) is 0 Å². The molecule has 3 amide bonds. The maximum atomic E-state index is 12.6. The van der Waals surface area contributed by atoms with E-state index in [0.29, 0.717) is 25.9 Å². The van der Waals surface area contributed by atoms with Gasteiger partial charge in [0.15, 0.2) is 0 Å². The molecule has 0 fully saturated rings. The fourth-order valence-electron chi connectivity index (χ4n) is 4.47. The van der Waals surface area contributed by atoms with Crippen molar-refractivity contribution in [2.45, 2.75) is 168 Å². The molecule has 6 nitrogen and oxygen atoms in total. The largest absolute Gasteiger partial charge is 0.356 e. The van der Waals surface area contributed by atoms with Crippen molar-refractivity contribution in [3.8, 4) is 0 Å². The van der Waals surface area contributed by atoms with Gasteiger partial charge in [-0.3, -0.25) is 14.4 Å². The second kappa shape index (κ2) is 27.4. The lowest BCUT2D eigenvalue weighted by Gasteiger charge is -2.18. The molecule has 0 unspecified atom stereocenters. The zero-order valence-corrected chi connectivity index (χ0v) is 24.8. The Hall–Kier alpha value is -1.59. The summed E-state index contributed by atoms with van der Waals surface area (Å²) in [7, 11) is 0. The first-order valence-corrected chi connectivity index (χ1v) is 15.9. The van der Waals surface area contributed by atoms with Crippen LogP contribution in [0.2, 0.25) is 0 Å². The van der Waals surface area contributed by atoms with Crippen LogP contribution in [0.15, 0.2) is 0 Å². The minimum atomic E-state index is -0.641. The van der Waals surface area contributed by atoms with Crippen molar-refractivity contribution in [3.05, 3.63) is 0 Å². The molecule has 0 bridgehead atoms. The van der Waals surface area contributed by atoms with Gasteiger partial charge in [-0.25, -0.2) is 0 Å². The molecule has 0 aromatic heterocycles. The Morgan fingerprint density at radius 2 is 0.919 bits per heavy atom. The van der Waals surface area contributed by atoms with Crippen LogP contribution in [-0.4, -0.2) is 36.9 Å². The third-order valence-corrected chi connectivity index (χ3v) is 7.00. The normalized spacial score (nSPS) is 11.8. The van der Waals surface area contributed by atoms with Gasteiger partial charge in [0.2, 0.25) is 17.7 Å². The third kappa shape index (κ3) is 24.5. The molecule has 6 heteroatoms. The lowest BCUT2D eigenvalue weighted by Crippen LogP contribution is -2.47. The summed E-state index contributed by atoms with van der Waals surface area (Å²) >= 11 is 0. The summed E-state index contributed by atoms with van der Waals surface area (Å²) in [5, 5.41) is 8.67. The third-order valence-electron chi connectivity index (χ3n) is 7.00. The highest BCUT2D eigenvalue weighted by Crippen LogP contribution is 2.14. The van der Waals surface area contributed by atoms with Crippen LogP contribution >= 0.6 is 0 Å². The van der Waals surface area contributed by atoms with Crippen LogP contribution in [0, 0.1) is 0 Å². The van der Waals surface area contributed by atoms with Gasteiger partial charge in [0, 0.05) is 25.9 Å². The number of carbonyl (C=O) groups excluding carboxylic acids is 3. The van der Waals surface area contributed by atoms with Crippen molar-refractivity contribution in [3.63, 3.8) is 0 Å². The number of unbranched alkanes of at least 4 members (excludes halogenated alkanes) is 16. The number of hydrogen-bond acceptors (Lipinski definition) is 3. The summed E-state index contributed by atoms with van der Waals surface area (Å²) in [4.78, 5) is 37.1. The van der Waals surface area contributed by atoms with Crippen LogP contribution in [0.25, 0.3) is 0 Å². The van der Waals surface area contributed by atoms with Crippen molar-refractivity contribution >= 4 is 17.7 Å². The number of amides is 3. The summed E-state index contributed by atoms with van der Waals surface area (Å²) in [6, 6.07) is -0.641. The SMILES string of the molecule is CCCCCCCCCCCCCCCCCC(=O)N[C@@H](CCC(=O)NCCCC)C(=O)NCCCC. The fourth-order valence-corrected chi connectivity index (χ4v) is 4.47. The van der Waals surface area contributed by atoms with Gasteiger partial charge in [0.05, 0.1) is 0 Å². The Balaban J connectivity index is 3.96. The quantitative estimate of drug-likeness (QED) is 0.0984. The summed E-state index contributed by atoms with van der Waals surface area (Å²) in [6.45, 7) is 7.68. The molecule has 0 aliphatic carbocycles. The Morgan fingerprint density at radius 3 is 1.41 bits per heavy atom. The monoisotopic (exact) mass is 523 g/mol. The van der Waals surface area contributed by atoms with Crippen molar-refractivity contribution in [2.75, 3.05) is 13.1 Å². The molecule has 0 aromatic rings. The molecule has 0 heterocycles. The number of hydrogen-bond donors (Lipinski definition) is 3. The maximum absolute atomic E-state index is 12.6. The van der Waals surface area contributed by atoms with Gasteiger partial charge < -0.3 is 16.0 Å². The molecule has 0 saturated heterocycles. The number of nitrogens with one attached hydrogen (secondary N) is 3. The molecule has 0 radical (unpaired) electrons. The minimum absolute atomic E-state index is 0.0588. The highest BCUT2D eigenvalue weighted by molar-refractivity contribution is 5.88. The molecule has 0 rings (SSSR count). The van der Waals surface area contributed by atoms with Crippen LogP contribution in [0.3, 0.4) is 0 Å². The van der Waals surface area contributed by atoms with Crippen molar-refractivity contribution < 1.29 is 14.4 Å². The average Bonchev–Trinajstić information content (AvgIpc) is 2.89. The zero-order valence-electron chi connectivity index (χ0n) is 24.8. The van der Waals surface area contributed by atoms with E-state index < -0.39 is 6.04 Å². The summed E-state index contributed by atoms with van der Waals surface area (Å²) in [6.07, 6.45) is 24.3. The molecule has 0 spiro atoms. The van der Waals surface area contributed by atoms with Crippen LogP contribution in [0.1, 0.15) is 162 Å². The van der Waals surface area contributed by atoms with E-state index in [-0.39, 0.29) is 24.1 Å². The molecule has 0 saturated carbocycles. The molecule has 1 atom stereocenters. The van der Waals surface area contributed by atoms with E-state index >= 15 is 0 Å². The van der Waals surface area contributed by atoms with Gasteiger partial charge in [-0.2, -0.15) is 0 Å². The highest BCUT2D eigenvalue weighted by Gasteiger charge is 2.21. The Bertz CT molecular complexity index is 554. The van der Waals surface area contributed by atoms with Crippen LogP contribution in [-0.2, 0) is 14.4 Å². The average molecular weight is 524 g/mol. The molecular formula is C31H61N3O3. The molecule has 218 valence electrons. The second-order valence-corrected chi connectivity index (χ2v) is 10.7. The molecule has 37 heavy (non-hydrogen) atoms. The van der Waals surface area contributed by atoms with E-state index in [1.165, 1.54) is 83.5 Å². The summed E-state index contributed by atoms with van der Waals surface area (Å²) in [5.41, 5.74) is 0. The lowest BCUT2D eigenvalue weighted by molar-refractivity contribution is -0.129. The lowest BCUT2D eigenvalue weighted by atomic mass is 10.0. The molecule has 3 N–H and O–H groups in total. The van der Waals surface area contributed by atoms with E-state index in [9.17, 15) is 14.4 Å². The summed E-state index contributed by atoms with van der Waals surface area (Å²) in [5.74, 6) is -0.326. The Labute approximate surface area is 229 Å². The Morgan fingerprint density at radius 1 is 0.486 bits per heavy atom. The van der Waals surface area contributed by atoms with Gasteiger partial charge >= 0.3 is 0 Å². The van der Waals surface area contributed by atoms with Gasteiger partial charge in [-0.05, 0) is 25.7 Å². The zero-order chi connectivity index (χ0) is 27.4. The second-order valence-electron chi connectivity index (χ2n) is 10.7. The van der Waals surface area contributed by atoms with E-state index in [1.54, 1.807) is 0 Å². The van der Waals surface area contributed by atoms with Gasteiger partial charge in [0.25, 0.3) is 0 Å². The predicted molar refractivity (Wildman–Crippen MR) is 157 cm³/mol. The van der Waals surface area contributed by atoms with Crippen LogP contribution in [0.5, 0.6) is 0 Å². The van der Waals surface area contributed by atoms with Crippen molar-refractivity contribution in [1.82, 2.24) is 16.0 Å². The van der Waals surface area contributed by atoms with Crippen molar-refractivity contribution in [1.29, 1.82) is 0 Å². The van der Waals surface area contributed by atoms with Crippen LogP contribution < -0.4 is 16.0 Å². The van der Waals surface area contributed by atoms with E-state index in [0.717, 1.165) is 38.5 Å². The van der Waals surface area contributed by atoms with Gasteiger partial charge in [0.1, 0.15) is 6.04 Å². The van der Waals surface area contributed by atoms with E-state index in [1.807, 2.05) is 0 Å². The first kappa shape index (κ1) is 35.4.